The maximum atomic E-state index is 6.45. The SMILES string of the molecule is CCCNC(c1cncc(OCC)c1)c1scc(C)c1Cl. The predicted molar refractivity (Wildman–Crippen MR) is 89.6 cm³/mol. The Bertz CT molecular complexity index is 585. The molecule has 0 aromatic carbocycles. The quantitative estimate of drug-likeness (QED) is 0.808. The second-order valence-electron chi connectivity index (χ2n) is 4.87. The smallest absolute Gasteiger partial charge is 0.137 e. The van der Waals surface area contributed by atoms with E-state index in [0.29, 0.717) is 6.61 Å². The average molecular weight is 325 g/mol. The number of ether oxygens (including phenoxy) is 1. The van der Waals surface area contributed by atoms with Crippen LogP contribution in [0.1, 0.15) is 42.3 Å². The van der Waals surface area contributed by atoms with Crippen molar-refractivity contribution in [3.8, 4) is 5.75 Å². The van der Waals surface area contributed by atoms with Gasteiger partial charge in [-0.25, -0.2) is 0 Å². The van der Waals surface area contributed by atoms with Crippen molar-refractivity contribution in [2.24, 2.45) is 0 Å². The van der Waals surface area contributed by atoms with Crippen LogP contribution in [0, 0.1) is 6.92 Å². The largest absolute Gasteiger partial charge is 0.492 e. The second-order valence-corrected chi connectivity index (χ2v) is 6.16. The molecule has 0 aliphatic heterocycles. The lowest BCUT2D eigenvalue weighted by atomic mass is 10.1. The van der Waals surface area contributed by atoms with Gasteiger partial charge in [0.05, 0.1) is 23.9 Å². The van der Waals surface area contributed by atoms with E-state index >= 15 is 0 Å². The first-order chi connectivity index (χ1) is 10.2. The molecule has 1 N–H and O–H groups in total. The van der Waals surface area contributed by atoms with Gasteiger partial charge in [0.2, 0.25) is 0 Å². The standard InChI is InChI=1S/C16H21ClN2OS/c1-4-6-19-15(16-14(17)11(3)10-21-16)12-7-13(20-5-2)9-18-8-12/h7-10,15,19H,4-6H2,1-3H3. The van der Waals surface area contributed by atoms with Crippen molar-refractivity contribution in [3.05, 3.63) is 44.9 Å². The molecule has 1 atom stereocenters. The van der Waals surface area contributed by atoms with Crippen LogP contribution < -0.4 is 10.1 Å². The molecule has 2 rings (SSSR count). The highest BCUT2D eigenvalue weighted by molar-refractivity contribution is 7.10. The van der Waals surface area contributed by atoms with Crippen molar-refractivity contribution in [2.75, 3.05) is 13.2 Å². The van der Waals surface area contributed by atoms with E-state index in [2.05, 4.69) is 22.6 Å². The fourth-order valence-corrected chi connectivity index (χ4v) is 3.54. The Balaban J connectivity index is 2.35. The number of pyridine rings is 1. The van der Waals surface area contributed by atoms with Gasteiger partial charge in [0, 0.05) is 11.1 Å². The Kier molecular flexibility index (Phi) is 6.03. The summed E-state index contributed by atoms with van der Waals surface area (Å²) in [4.78, 5) is 5.43. The van der Waals surface area contributed by atoms with Crippen molar-refractivity contribution in [3.63, 3.8) is 0 Å². The second kappa shape index (κ2) is 7.78. The minimum absolute atomic E-state index is 0.0593. The molecular weight excluding hydrogens is 304 g/mol. The summed E-state index contributed by atoms with van der Waals surface area (Å²) in [7, 11) is 0. The molecule has 5 heteroatoms. The molecule has 0 aliphatic carbocycles. The van der Waals surface area contributed by atoms with Crippen LogP contribution in [-0.2, 0) is 0 Å². The molecule has 1 unspecified atom stereocenters. The van der Waals surface area contributed by atoms with Gasteiger partial charge >= 0.3 is 0 Å². The fraction of sp³-hybridized carbons (Fsp3) is 0.438. The van der Waals surface area contributed by atoms with E-state index in [1.807, 2.05) is 26.1 Å². The van der Waals surface area contributed by atoms with Crippen LogP contribution in [0.25, 0.3) is 0 Å². The van der Waals surface area contributed by atoms with Gasteiger partial charge in [-0.2, -0.15) is 0 Å². The summed E-state index contributed by atoms with van der Waals surface area (Å²) in [6, 6.07) is 2.10. The van der Waals surface area contributed by atoms with Gasteiger partial charge in [0.1, 0.15) is 5.75 Å². The zero-order valence-corrected chi connectivity index (χ0v) is 14.2. The Hall–Kier alpha value is -1.10. The normalized spacial score (nSPS) is 12.4. The van der Waals surface area contributed by atoms with Crippen molar-refractivity contribution < 1.29 is 4.74 Å². The van der Waals surface area contributed by atoms with E-state index in [0.717, 1.165) is 39.7 Å². The van der Waals surface area contributed by atoms with E-state index < -0.39 is 0 Å². The molecule has 0 fully saturated rings. The van der Waals surface area contributed by atoms with E-state index in [9.17, 15) is 0 Å². The third kappa shape index (κ3) is 3.96. The highest BCUT2D eigenvalue weighted by atomic mass is 35.5. The summed E-state index contributed by atoms with van der Waals surface area (Å²) in [5.41, 5.74) is 2.20. The first-order valence-electron chi connectivity index (χ1n) is 7.22. The molecule has 2 aromatic rings. The van der Waals surface area contributed by atoms with E-state index in [1.165, 1.54) is 0 Å². The molecular formula is C16H21ClN2OS. The van der Waals surface area contributed by atoms with E-state index in [-0.39, 0.29) is 6.04 Å². The summed E-state index contributed by atoms with van der Waals surface area (Å²) in [6.07, 6.45) is 4.68. The van der Waals surface area contributed by atoms with Crippen molar-refractivity contribution in [1.29, 1.82) is 0 Å². The Morgan fingerprint density at radius 2 is 2.19 bits per heavy atom. The first kappa shape index (κ1) is 16.3. The van der Waals surface area contributed by atoms with Crippen LogP contribution in [0.5, 0.6) is 5.75 Å². The average Bonchev–Trinajstić information content (AvgIpc) is 2.81. The molecule has 0 saturated carbocycles. The summed E-state index contributed by atoms with van der Waals surface area (Å²) >= 11 is 8.14. The fourth-order valence-electron chi connectivity index (χ4n) is 2.13. The molecule has 0 saturated heterocycles. The molecule has 0 amide bonds. The maximum Gasteiger partial charge on any atom is 0.137 e. The van der Waals surface area contributed by atoms with Crippen molar-refractivity contribution in [1.82, 2.24) is 10.3 Å². The predicted octanol–water partition coefficient (Wildman–Crippen LogP) is 4.59. The van der Waals surface area contributed by atoms with Gasteiger partial charge in [0.15, 0.2) is 0 Å². The number of aryl methyl sites for hydroxylation is 1. The lowest BCUT2D eigenvalue weighted by molar-refractivity contribution is 0.338. The van der Waals surface area contributed by atoms with Gasteiger partial charge in [-0.1, -0.05) is 18.5 Å². The highest BCUT2D eigenvalue weighted by Crippen LogP contribution is 2.36. The number of aromatic nitrogens is 1. The van der Waals surface area contributed by atoms with Crippen LogP contribution in [0.15, 0.2) is 23.8 Å². The van der Waals surface area contributed by atoms with Gasteiger partial charge in [-0.05, 0) is 49.4 Å². The van der Waals surface area contributed by atoms with Crippen LogP contribution in [0.4, 0.5) is 0 Å². The molecule has 0 aliphatic rings. The number of rotatable bonds is 7. The Morgan fingerprint density at radius 3 is 2.81 bits per heavy atom. The summed E-state index contributed by atoms with van der Waals surface area (Å²) < 4.78 is 5.55. The first-order valence-corrected chi connectivity index (χ1v) is 8.47. The van der Waals surface area contributed by atoms with Crippen LogP contribution in [0.2, 0.25) is 5.02 Å². The number of halogens is 1. The summed E-state index contributed by atoms with van der Waals surface area (Å²) in [5, 5.41) is 6.49. The zero-order chi connectivity index (χ0) is 15.2. The van der Waals surface area contributed by atoms with Gasteiger partial charge in [0.25, 0.3) is 0 Å². The Labute approximate surface area is 135 Å². The molecule has 2 heterocycles. The zero-order valence-electron chi connectivity index (χ0n) is 12.6. The molecule has 0 radical (unpaired) electrons. The van der Waals surface area contributed by atoms with Crippen LogP contribution in [-0.4, -0.2) is 18.1 Å². The van der Waals surface area contributed by atoms with E-state index in [1.54, 1.807) is 17.5 Å². The van der Waals surface area contributed by atoms with Gasteiger partial charge < -0.3 is 10.1 Å². The highest BCUT2D eigenvalue weighted by Gasteiger charge is 2.20. The number of nitrogens with zero attached hydrogens (tertiary/aromatic N) is 1. The van der Waals surface area contributed by atoms with E-state index in [4.69, 9.17) is 16.3 Å². The molecule has 3 nitrogen and oxygen atoms in total. The number of hydrogen-bond donors (Lipinski definition) is 1. The Morgan fingerprint density at radius 1 is 1.38 bits per heavy atom. The number of nitrogens with one attached hydrogen (secondary N) is 1. The summed E-state index contributed by atoms with van der Waals surface area (Å²) in [6.45, 7) is 7.72. The molecule has 0 spiro atoms. The monoisotopic (exact) mass is 324 g/mol. The molecule has 0 bridgehead atoms. The third-order valence-corrected chi connectivity index (χ3v) is 4.94. The van der Waals surface area contributed by atoms with Gasteiger partial charge in [-0.15, -0.1) is 11.3 Å². The molecule has 114 valence electrons. The van der Waals surface area contributed by atoms with Gasteiger partial charge in [-0.3, -0.25) is 4.98 Å². The lowest BCUT2D eigenvalue weighted by Gasteiger charge is -2.19. The van der Waals surface area contributed by atoms with Crippen LogP contribution >= 0.6 is 22.9 Å². The molecule has 2 aromatic heterocycles. The minimum Gasteiger partial charge on any atom is -0.492 e. The van der Waals surface area contributed by atoms with Crippen molar-refractivity contribution >= 4 is 22.9 Å². The minimum atomic E-state index is 0.0593. The van der Waals surface area contributed by atoms with Crippen molar-refractivity contribution in [2.45, 2.75) is 33.2 Å². The number of thiophene rings is 1. The molecule has 21 heavy (non-hydrogen) atoms. The number of hydrogen-bond acceptors (Lipinski definition) is 4. The topological polar surface area (TPSA) is 34.2 Å². The maximum absolute atomic E-state index is 6.45. The lowest BCUT2D eigenvalue weighted by Crippen LogP contribution is -2.23. The van der Waals surface area contributed by atoms with Crippen LogP contribution in [0.3, 0.4) is 0 Å². The summed E-state index contributed by atoms with van der Waals surface area (Å²) in [5.74, 6) is 0.794. The third-order valence-electron chi connectivity index (χ3n) is 3.16.